The van der Waals surface area contributed by atoms with E-state index in [4.69, 9.17) is 5.11 Å². The molecule has 21 heavy (non-hydrogen) atoms. The molecule has 13 heteroatoms. The summed E-state index contributed by atoms with van der Waals surface area (Å²) in [5.74, 6) is -39.3. The number of hydrogen-bond donors (Lipinski definition) is 1. The smallest absolute Gasteiger partial charge is 0.352 e. The predicted octanol–water partition coefficient (Wildman–Crippen LogP) is 3.86. The van der Waals surface area contributed by atoms with Crippen LogP contribution in [0.15, 0.2) is 0 Å². The topological polar surface area (TPSA) is 20.2 Å². The van der Waals surface area contributed by atoms with Crippen LogP contribution in [0.3, 0.4) is 0 Å². The van der Waals surface area contributed by atoms with E-state index in [0.29, 0.717) is 0 Å². The second-order valence-electron chi connectivity index (χ2n) is 4.12. The van der Waals surface area contributed by atoms with Crippen LogP contribution in [-0.2, 0) is 0 Å². The second kappa shape index (κ2) is 4.60. The molecule has 0 saturated heterocycles. The number of hydrogen-bond acceptors (Lipinski definition) is 1. The van der Waals surface area contributed by atoms with Gasteiger partial charge in [0.1, 0.15) is 0 Å². The van der Waals surface area contributed by atoms with Crippen molar-refractivity contribution in [3.63, 3.8) is 0 Å². The Hall–Kier alpha value is -1.81. The van der Waals surface area contributed by atoms with E-state index in [-0.39, 0.29) is 0 Å². The molecule has 1 atom stereocenters. The first-order valence-electron chi connectivity index (χ1n) is 4.55. The Labute approximate surface area is 104 Å². The van der Waals surface area contributed by atoms with Crippen molar-refractivity contribution in [2.75, 3.05) is 0 Å². The molecule has 0 radical (unpaired) electrons. The third kappa shape index (κ3) is 2.56. The van der Waals surface area contributed by atoms with Crippen molar-refractivity contribution in [2.45, 2.75) is 49.3 Å². The summed E-state index contributed by atoms with van der Waals surface area (Å²) in [4.78, 5) is 0. The molecule has 0 aromatic heterocycles. The first kappa shape index (κ1) is 21.5. The summed E-state index contributed by atoms with van der Waals surface area (Å²) in [5.41, 5.74) is 0. The molecule has 124 valence electrons. The van der Waals surface area contributed by atoms with Crippen LogP contribution >= 0.6 is 0 Å². The van der Waals surface area contributed by atoms with Gasteiger partial charge < -0.3 is 5.11 Å². The van der Waals surface area contributed by atoms with Gasteiger partial charge in [-0.2, -0.15) is 48.3 Å². The Kier molecular flexibility index (Phi) is 4.70. The normalized spacial score (nSPS) is 18.0. The van der Waals surface area contributed by atoms with E-state index >= 15 is 0 Å². The first-order valence-corrected chi connectivity index (χ1v) is 4.55. The third-order valence-corrected chi connectivity index (χ3v) is 2.33. The van der Waals surface area contributed by atoms with E-state index in [9.17, 15) is 48.3 Å². The molecular formula is C8H7F11ORf. The number of aliphatic hydroxyl groups is 1. The Bertz CT molecular complexity index is 331. The van der Waals surface area contributed by atoms with Gasteiger partial charge in [0.25, 0.3) is 0 Å². The molecule has 0 saturated carbocycles. The van der Waals surface area contributed by atoms with Gasteiger partial charge in [-0.1, -0.05) is 0 Å². The molecule has 0 heterocycles. The van der Waals surface area contributed by atoms with Crippen LogP contribution in [0.2, 0.25) is 0 Å². The molecule has 0 bridgehead atoms. The molecule has 0 rings (SSSR count). The zero-order valence-corrected chi connectivity index (χ0v) is 16.7. The molecule has 0 aliphatic carbocycles. The van der Waals surface area contributed by atoms with E-state index in [1.807, 2.05) is 0 Å². The van der Waals surface area contributed by atoms with Gasteiger partial charge in [0, 0.05) is 13.8 Å². The Balaban J connectivity index is 0. The summed E-state index contributed by atoms with van der Waals surface area (Å²) in [6, 6.07) is 0. The predicted molar refractivity (Wildman–Crippen MR) is 42.1 cm³/mol. The average molecular weight is 595 g/mol. The molecule has 0 aliphatic rings. The van der Waals surface area contributed by atoms with Crippen LogP contribution < -0.4 is 0 Å². The van der Waals surface area contributed by atoms with Gasteiger partial charge >= 0.3 is 35.5 Å². The van der Waals surface area contributed by atoms with E-state index in [2.05, 4.69) is 0 Å². The standard InChI is InChI=1S/C8H7F11O.Rf/c1-3(9,10)5(13,14)7(17,18)8(19,20)6(15,16)4(2,11)12;/h20H,1-2H3;. The van der Waals surface area contributed by atoms with E-state index in [1.54, 1.807) is 0 Å². The fraction of sp³-hybridized carbons (Fsp3) is 1.00. The van der Waals surface area contributed by atoms with Gasteiger partial charge in [-0.25, -0.2) is 0 Å². The van der Waals surface area contributed by atoms with Crippen molar-refractivity contribution in [3.05, 3.63) is 0 Å². The zero-order chi connectivity index (χ0) is 17.0. The average Bonchev–Trinajstić information content (AvgIpc) is 2.12. The Morgan fingerprint density at radius 2 is 0.762 bits per heavy atom. The van der Waals surface area contributed by atoms with Gasteiger partial charge in [-0.3, -0.25) is 0 Å². The fourth-order valence-corrected chi connectivity index (χ4v) is 0.972. The molecular weight excluding hydrogens is 588 g/mol. The van der Waals surface area contributed by atoms with E-state index in [1.165, 1.54) is 0 Å². The maximum Gasteiger partial charge on any atom is 0.379 e. The third-order valence-electron chi connectivity index (χ3n) is 2.33. The molecule has 0 aliphatic heterocycles. The van der Waals surface area contributed by atoms with Gasteiger partial charge in [0.15, 0.2) is 0 Å². The number of halogens is 11. The van der Waals surface area contributed by atoms with Gasteiger partial charge in [-0.15, -0.1) is 0 Å². The molecule has 0 spiro atoms. The number of rotatable bonds is 5. The molecule has 1 nitrogen and oxygen atoms in total. The van der Waals surface area contributed by atoms with Crippen molar-refractivity contribution in [3.8, 4) is 0 Å². The largest absolute Gasteiger partial charge is 0.379 e. The van der Waals surface area contributed by atoms with E-state index < -0.39 is 49.3 Å². The first-order chi connectivity index (χ1) is 8.25. The fourth-order valence-electron chi connectivity index (χ4n) is 0.972. The minimum Gasteiger partial charge on any atom is -0.352 e. The monoisotopic (exact) mass is 595 g/mol. The second-order valence-corrected chi connectivity index (χ2v) is 4.12. The minimum absolute atomic E-state index is 0. The van der Waals surface area contributed by atoms with Crippen LogP contribution in [0.5, 0.6) is 0 Å². The van der Waals surface area contributed by atoms with Crippen molar-refractivity contribution in [2.24, 2.45) is 0 Å². The molecule has 0 fully saturated rings. The van der Waals surface area contributed by atoms with Crippen molar-refractivity contribution >= 4 is 0 Å². The summed E-state index contributed by atoms with van der Waals surface area (Å²) in [7, 11) is 0. The van der Waals surface area contributed by atoms with Crippen LogP contribution in [0.4, 0.5) is 48.3 Å². The summed E-state index contributed by atoms with van der Waals surface area (Å²) >= 11 is 0. The quantitative estimate of drug-likeness (QED) is 0.480. The van der Waals surface area contributed by atoms with Crippen LogP contribution in [0.25, 0.3) is 0 Å². The zero-order valence-electron chi connectivity index (χ0n) is 10.3. The summed E-state index contributed by atoms with van der Waals surface area (Å²) in [5, 5.41) is 8.14. The SMILES string of the molecule is CC(F)(F)C(F)(F)C(O)(F)C(F)(F)C(F)(F)C(C)(F)F.[Rf]. The van der Waals surface area contributed by atoms with Crippen LogP contribution in [0.1, 0.15) is 13.8 Å². The Morgan fingerprint density at radius 1 is 0.524 bits per heavy atom. The molecule has 1 unspecified atom stereocenters. The van der Waals surface area contributed by atoms with E-state index in [0.717, 1.165) is 0 Å². The van der Waals surface area contributed by atoms with Gasteiger partial charge in [0.2, 0.25) is 0 Å². The van der Waals surface area contributed by atoms with Crippen molar-refractivity contribution in [1.82, 2.24) is 0 Å². The number of alkyl halides is 11. The molecule has 0 aromatic rings. The maximum atomic E-state index is 12.9. The van der Waals surface area contributed by atoms with Crippen molar-refractivity contribution < 1.29 is 53.4 Å². The molecule has 0 aromatic carbocycles. The molecule has 1 N–H and O–H groups in total. The maximum absolute atomic E-state index is 12.9. The summed E-state index contributed by atoms with van der Waals surface area (Å²) in [6.07, 6.45) is 0. The van der Waals surface area contributed by atoms with Crippen LogP contribution in [-0.4, -0.2) is 40.6 Å². The van der Waals surface area contributed by atoms with Crippen molar-refractivity contribution in [1.29, 1.82) is 0 Å². The minimum atomic E-state index is -7.21. The summed E-state index contributed by atoms with van der Waals surface area (Å²) in [6.45, 7) is -1.75. The Morgan fingerprint density at radius 3 is 0.952 bits per heavy atom. The van der Waals surface area contributed by atoms with Crippen LogP contribution in [0, 0.1) is 0 Å². The van der Waals surface area contributed by atoms with Gasteiger partial charge in [-0.05, 0) is 0 Å². The summed E-state index contributed by atoms with van der Waals surface area (Å²) < 4.78 is 138. The molecule has 0 amide bonds. The van der Waals surface area contributed by atoms with Gasteiger partial charge in [0.05, 0.1) is 0 Å².